The molecule has 22 heavy (non-hydrogen) atoms. The zero-order valence-electron chi connectivity index (χ0n) is 13.0. The zero-order valence-corrected chi connectivity index (χ0v) is 13.0. The van der Waals surface area contributed by atoms with Gasteiger partial charge in [-0.2, -0.15) is 0 Å². The van der Waals surface area contributed by atoms with Crippen molar-refractivity contribution in [2.75, 3.05) is 13.7 Å². The van der Waals surface area contributed by atoms with Gasteiger partial charge in [0.05, 0.1) is 13.0 Å². The number of hydrogen-bond acceptors (Lipinski definition) is 4. The first-order valence-corrected chi connectivity index (χ1v) is 7.69. The van der Waals surface area contributed by atoms with Crippen molar-refractivity contribution < 1.29 is 14.3 Å². The van der Waals surface area contributed by atoms with Gasteiger partial charge in [0.15, 0.2) is 6.23 Å². The van der Waals surface area contributed by atoms with Gasteiger partial charge in [-0.05, 0) is 54.8 Å². The Morgan fingerprint density at radius 2 is 2.00 bits per heavy atom. The number of carbonyl (C=O) groups excluding carboxylic acids is 1. The number of methoxy groups -OCH3 is 1. The molecule has 1 aliphatic rings. The van der Waals surface area contributed by atoms with Crippen molar-refractivity contribution in [3.63, 3.8) is 0 Å². The smallest absolute Gasteiger partial charge is 0.314 e. The van der Waals surface area contributed by atoms with E-state index in [0.29, 0.717) is 0 Å². The molecule has 3 rings (SSSR count). The lowest BCUT2D eigenvalue weighted by Crippen LogP contribution is -2.29. The van der Waals surface area contributed by atoms with E-state index in [2.05, 4.69) is 5.32 Å². The first-order valence-electron chi connectivity index (χ1n) is 7.69. The van der Waals surface area contributed by atoms with Crippen LogP contribution in [0.1, 0.15) is 31.2 Å². The molecule has 1 saturated heterocycles. The van der Waals surface area contributed by atoms with Crippen molar-refractivity contribution in [3.05, 3.63) is 42.0 Å². The largest absolute Gasteiger partial charge is 0.497 e. The van der Waals surface area contributed by atoms with E-state index in [4.69, 9.17) is 9.47 Å². The van der Waals surface area contributed by atoms with Crippen molar-refractivity contribution >= 4 is 16.7 Å². The highest BCUT2D eigenvalue weighted by Crippen LogP contribution is 2.26. The molecular weight excluding hydrogens is 278 g/mol. The van der Waals surface area contributed by atoms with Crippen molar-refractivity contribution in [3.8, 4) is 5.75 Å². The Morgan fingerprint density at radius 1 is 1.23 bits per heavy atom. The van der Waals surface area contributed by atoms with E-state index < -0.39 is 0 Å². The minimum Gasteiger partial charge on any atom is -0.497 e. The Bertz CT molecular complexity index is 677. The molecule has 1 aliphatic heterocycles. The first kappa shape index (κ1) is 14.9. The van der Waals surface area contributed by atoms with Crippen LogP contribution in [-0.4, -0.2) is 25.9 Å². The van der Waals surface area contributed by atoms with Crippen LogP contribution in [0.3, 0.4) is 0 Å². The third-order valence-electron chi connectivity index (χ3n) is 4.20. The summed E-state index contributed by atoms with van der Waals surface area (Å²) < 4.78 is 10.7. The van der Waals surface area contributed by atoms with E-state index >= 15 is 0 Å². The number of hydrogen-bond donors (Lipinski definition) is 1. The predicted octanol–water partition coefficient (Wildman–Crippen LogP) is 3.20. The summed E-state index contributed by atoms with van der Waals surface area (Å²) in [5.41, 5.74) is 0.973. The normalized spacial score (nSPS) is 19.1. The van der Waals surface area contributed by atoms with Gasteiger partial charge in [0, 0.05) is 0 Å². The Hall–Kier alpha value is -2.07. The lowest BCUT2D eigenvalue weighted by molar-refractivity contribution is -0.151. The average Bonchev–Trinajstić information content (AvgIpc) is 3.06. The van der Waals surface area contributed by atoms with Gasteiger partial charge in [0.2, 0.25) is 0 Å². The molecule has 116 valence electrons. The second kappa shape index (κ2) is 6.36. The van der Waals surface area contributed by atoms with Crippen LogP contribution in [0, 0.1) is 0 Å². The van der Waals surface area contributed by atoms with Crippen LogP contribution in [0.4, 0.5) is 0 Å². The van der Waals surface area contributed by atoms with Crippen LogP contribution in [0.25, 0.3) is 10.8 Å². The first-order chi connectivity index (χ1) is 10.7. The lowest BCUT2D eigenvalue weighted by Gasteiger charge is -2.17. The second-order valence-electron chi connectivity index (χ2n) is 5.72. The summed E-state index contributed by atoms with van der Waals surface area (Å²) in [4.78, 5) is 12.3. The van der Waals surface area contributed by atoms with E-state index in [9.17, 15) is 4.79 Å². The Labute approximate surface area is 130 Å². The van der Waals surface area contributed by atoms with Gasteiger partial charge in [-0.1, -0.05) is 24.3 Å². The summed E-state index contributed by atoms with van der Waals surface area (Å²) in [5.74, 6) is 0.390. The Kier molecular flexibility index (Phi) is 4.29. The number of benzene rings is 2. The monoisotopic (exact) mass is 299 g/mol. The molecule has 0 amide bonds. The van der Waals surface area contributed by atoms with Crippen molar-refractivity contribution in [1.82, 2.24) is 5.32 Å². The third kappa shape index (κ3) is 3.07. The quantitative estimate of drug-likeness (QED) is 0.881. The molecule has 2 atom stereocenters. The molecule has 0 radical (unpaired) electrons. The second-order valence-corrected chi connectivity index (χ2v) is 5.72. The van der Waals surface area contributed by atoms with Crippen LogP contribution in [-0.2, 0) is 9.53 Å². The minimum absolute atomic E-state index is 0.125. The topological polar surface area (TPSA) is 47.6 Å². The van der Waals surface area contributed by atoms with Crippen LogP contribution in [0.5, 0.6) is 5.75 Å². The van der Waals surface area contributed by atoms with E-state index in [1.807, 2.05) is 43.3 Å². The standard InChI is InChI=1S/C18H21NO3/c1-12(18(20)22-17-4-3-9-19-17)13-5-6-15-11-16(21-2)8-7-14(15)10-13/h5-8,10-12,17,19H,3-4,9H2,1-2H3/t12-,17?/m0/s1. The summed E-state index contributed by atoms with van der Waals surface area (Å²) in [6.07, 6.45) is 1.83. The number of ether oxygens (including phenoxy) is 2. The number of fused-ring (bicyclic) bond motifs is 1. The SMILES string of the molecule is COc1ccc2cc([C@H](C)C(=O)OC3CCCN3)ccc2c1. The molecule has 0 aromatic heterocycles. The summed E-state index contributed by atoms with van der Waals surface area (Å²) in [6, 6.07) is 12.0. The van der Waals surface area contributed by atoms with Crippen molar-refractivity contribution in [1.29, 1.82) is 0 Å². The molecule has 4 heteroatoms. The fourth-order valence-corrected chi connectivity index (χ4v) is 2.77. The highest BCUT2D eigenvalue weighted by molar-refractivity contribution is 5.86. The van der Waals surface area contributed by atoms with Gasteiger partial charge in [0.25, 0.3) is 0 Å². The lowest BCUT2D eigenvalue weighted by atomic mass is 9.98. The molecule has 2 aromatic carbocycles. The molecule has 4 nitrogen and oxygen atoms in total. The number of rotatable bonds is 4. The fourth-order valence-electron chi connectivity index (χ4n) is 2.77. The van der Waals surface area contributed by atoms with E-state index in [1.165, 1.54) is 0 Å². The molecule has 0 aliphatic carbocycles. The van der Waals surface area contributed by atoms with E-state index in [1.54, 1.807) is 7.11 Å². The van der Waals surface area contributed by atoms with Gasteiger partial charge >= 0.3 is 5.97 Å². The highest BCUT2D eigenvalue weighted by atomic mass is 16.6. The summed E-state index contributed by atoms with van der Waals surface area (Å²) in [7, 11) is 1.66. The van der Waals surface area contributed by atoms with Gasteiger partial charge in [-0.3, -0.25) is 10.1 Å². The van der Waals surface area contributed by atoms with Gasteiger partial charge in [0.1, 0.15) is 5.75 Å². The van der Waals surface area contributed by atoms with Crippen molar-refractivity contribution in [2.24, 2.45) is 0 Å². The maximum atomic E-state index is 12.3. The molecule has 1 N–H and O–H groups in total. The van der Waals surface area contributed by atoms with Gasteiger partial charge in [-0.15, -0.1) is 0 Å². The number of carbonyl (C=O) groups is 1. The minimum atomic E-state index is -0.270. The van der Waals surface area contributed by atoms with Gasteiger partial charge < -0.3 is 9.47 Å². The molecular formula is C18H21NO3. The molecule has 0 spiro atoms. The Morgan fingerprint density at radius 3 is 2.73 bits per heavy atom. The highest BCUT2D eigenvalue weighted by Gasteiger charge is 2.23. The average molecular weight is 299 g/mol. The van der Waals surface area contributed by atoms with Crippen LogP contribution < -0.4 is 10.1 Å². The zero-order chi connectivity index (χ0) is 15.5. The molecule has 1 unspecified atom stereocenters. The maximum Gasteiger partial charge on any atom is 0.314 e. The molecule has 2 aromatic rings. The number of esters is 1. The summed E-state index contributed by atoms with van der Waals surface area (Å²) in [6.45, 7) is 2.81. The Balaban J connectivity index is 1.78. The molecule has 0 bridgehead atoms. The molecule has 1 fully saturated rings. The fraction of sp³-hybridized carbons (Fsp3) is 0.389. The third-order valence-corrected chi connectivity index (χ3v) is 4.20. The van der Waals surface area contributed by atoms with Crippen LogP contribution in [0.15, 0.2) is 36.4 Å². The number of nitrogens with one attached hydrogen (secondary N) is 1. The summed E-state index contributed by atoms with van der Waals surface area (Å²) in [5, 5.41) is 5.37. The van der Waals surface area contributed by atoms with Crippen LogP contribution in [0.2, 0.25) is 0 Å². The van der Waals surface area contributed by atoms with E-state index in [0.717, 1.165) is 41.5 Å². The molecule has 0 saturated carbocycles. The van der Waals surface area contributed by atoms with Crippen molar-refractivity contribution in [2.45, 2.75) is 31.9 Å². The predicted molar refractivity (Wildman–Crippen MR) is 86.0 cm³/mol. The molecule has 1 heterocycles. The van der Waals surface area contributed by atoms with E-state index in [-0.39, 0.29) is 18.1 Å². The van der Waals surface area contributed by atoms with Crippen LogP contribution >= 0.6 is 0 Å². The maximum absolute atomic E-state index is 12.3. The van der Waals surface area contributed by atoms with Gasteiger partial charge in [-0.25, -0.2) is 0 Å². The summed E-state index contributed by atoms with van der Waals surface area (Å²) >= 11 is 0.